The molecular formula is C24H20BrClFNO3S. The molecule has 0 N–H and O–H groups in total. The summed E-state index contributed by atoms with van der Waals surface area (Å²) < 4.78 is 25.8. The van der Waals surface area contributed by atoms with Gasteiger partial charge in [-0.2, -0.15) is 0 Å². The van der Waals surface area contributed by atoms with Crippen molar-refractivity contribution >= 4 is 50.9 Å². The van der Waals surface area contributed by atoms with Crippen molar-refractivity contribution in [1.82, 2.24) is 0 Å². The number of anilines is 1. The van der Waals surface area contributed by atoms with E-state index in [-0.39, 0.29) is 23.7 Å². The third-order valence-corrected chi connectivity index (χ3v) is 6.94. The molecule has 1 amide bonds. The number of nitrogens with zero attached hydrogens (tertiary/aromatic N) is 1. The van der Waals surface area contributed by atoms with E-state index in [9.17, 15) is 9.18 Å². The van der Waals surface area contributed by atoms with E-state index in [4.69, 9.17) is 21.1 Å². The Bertz CT molecular complexity index is 1110. The van der Waals surface area contributed by atoms with Crippen molar-refractivity contribution in [3.05, 3.63) is 87.1 Å². The van der Waals surface area contributed by atoms with Crippen LogP contribution in [0.15, 0.2) is 65.1 Å². The Hall–Kier alpha value is -2.22. The molecule has 8 heteroatoms. The van der Waals surface area contributed by atoms with Gasteiger partial charge in [0.15, 0.2) is 11.5 Å². The standard InChI is InChI=1S/C24H20BrClFNO3S/c1-2-30-21-12-16(11-20(25)23(21)31-13-15-3-7-18(27)8-4-15)24-28(22(29)14-32-24)19-9-5-17(26)6-10-19/h3-12,24H,2,13-14H2,1H3/t24-/m1/s1. The lowest BCUT2D eigenvalue weighted by atomic mass is 10.1. The van der Waals surface area contributed by atoms with Gasteiger partial charge in [0.25, 0.3) is 0 Å². The molecule has 0 spiro atoms. The second-order valence-corrected chi connectivity index (χ2v) is 9.44. The van der Waals surface area contributed by atoms with E-state index in [1.54, 1.807) is 40.9 Å². The van der Waals surface area contributed by atoms with Crippen molar-refractivity contribution in [2.45, 2.75) is 18.9 Å². The van der Waals surface area contributed by atoms with Gasteiger partial charge in [0, 0.05) is 10.7 Å². The molecule has 1 atom stereocenters. The Kier molecular flexibility index (Phi) is 7.28. The van der Waals surface area contributed by atoms with Crippen LogP contribution >= 0.6 is 39.3 Å². The van der Waals surface area contributed by atoms with Crippen LogP contribution in [0.25, 0.3) is 0 Å². The highest BCUT2D eigenvalue weighted by Crippen LogP contribution is 2.46. The maximum atomic E-state index is 13.2. The molecule has 0 aliphatic carbocycles. The van der Waals surface area contributed by atoms with Crippen molar-refractivity contribution in [3.63, 3.8) is 0 Å². The van der Waals surface area contributed by atoms with Crippen LogP contribution in [0.3, 0.4) is 0 Å². The van der Waals surface area contributed by atoms with Gasteiger partial charge < -0.3 is 9.47 Å². The summed E-state index contributed by atoms with van der Waals surface area (Å²) in [5.41, 5.74) is 2.55. The first kappa shape index (κ1) is 23.0. The highest BCUT2D eigenvalue weighted by molar-refractivity contribution is 9.10. The third-order valence-electron chi connectivity index (χ3n) is 4.89. The van der Waals surface area contributed by atoms with E-state index >= 15 is 0 Å². The molecule has 0 bridgehead atoms. The topological polar surface area (TPSA) is 38.8 Å². The van der Waals surface area contributed by atoms with Gasteiger partial charge in [-0.25, -0.2) is 4.39 Å². The zero-order valence-corrected chi connectivity index (χ0v) is 20.3. The Morgan fingerprint density at radius 3 is 2.53 bits per heavy atom. The smallest absolute Gasteiger partial charge is 0.238 e. The molecule has 1 aliphatic rings. The average molecular weight is 537 g/mol. The van der Waals surface area contributed by atoms with Crippen LogP contribution in [0.5, 0.6) is 11.5 Å². The van der Waals surface area contributed by atoms with Crippen molar-refractivity contribution < 1.29 is 18.7 Å². The molecule has 4 rings (SSSR count). The molecule has 1 aliphatic heterocycles. The molecule has 3 aromatic carbocycles. The van der Waals surface area contributed by atoms with Crippen LogP contribution in [0.4, 0.5) is 10.1 Å². The van der Waals surface area contributed by atoms with Crippen molar-refractivity contribution in [3.8, 4) is 11.5 Å². The quantitative estimate of drug-likeness (QED) is 0.326. The Morgan fingerprint density at radius 1 is 1.12 bits per heavy atom. The van der Waals surface area contributed by atoms with Crippen molar-refractivity contribution in [2.75, 3.05) is 17.3 Å². The fourth-order valence-corrected chi connectivity index (χ4v) is 5.28. The minimum atomic E-state index is -0.289. The fraction of sp³-hybridized carbons (Fsp3) is 0.208. The summed E-state index contributed by atoms with van der Waals surface area (Å²) in [6, 6.07) is 17.3. The van der Waals surface area contributed by atoms with Gasteiger partial charge in [-0.3, -0.25) is 9.69 Å². The number of halogens is 3. The molecule has 1 saturated heterocycles. The SMILES string of the molecule is CCOc1cc([C@H]2SCC(=O)N2c2ccc(Cl)cc2)cc(Br)c1OCc1ccc(F)cc1. The van der Waals surface area contributed by atoms with E-state index < -0.39 is 0 Å². The second-order valence-electron chi connectivity index (χ2n) is 7.08. The first-order chi connectivity index (χ1) is 15.5. The number of carbonyl (C=O) groups excluding carboxylic acids is 1. The number of benzene rings is 3. The van der Waals surface area contributed by atoms with Crippen LogP contribution in [0.1, 0.15) is 23.4 Å². The third kappa shape index (κ3) is 5.05. The number of ether oxygens (including phenoxy) is 2. The Morgan fingerprint density at radius 2 is 1.84 bits per heavy atom. The maximum absolute atomic E-state index is 13.2. The van der Waals surface area contributed by atoms with Gasteiger partial charge in [-0.05, 0) is 82.5 Å². The summed E-state index contributed by atoms with van der Waals surface area (Å²) in [7, 11) is 0. The van der Waals surface area contributed by atoms with Crippen LogP contribution in [0.2, 0.25) is 5.02 Å². The van der Waals surface area contributed by atoms with Crippen LogP contribution in [-0.2, 0) is 11.4 Å². The molecular weight excluding hydrogens is 517 g/mol. The normalized spacial score (nSPS) is 15.8. The number of hydrogen-bond donors (Lipinski definition) is 0. The zero-order chi connectivity index (χ0) is 22.7. The van der Waals surface area contributed by atoms with Gasteiger partial charge in [0.1, 0.15) is 17.8 Å². The molecule has 0 aromatic heterocycles. The summed E-state index contributed by atoms with van der Waals surface area (Å²) in [6.07, 6.45) is 0. The molecule has 1 fully saturated rings. The lowest BCUT2D eigenvalue weighted by Crippen LogP contribution is -2.27. The minimum Gasteiger partial charge on any atom is -0.490 e. The van der Waals surface area contributed by atoms with Gasteiger partial charge in [0.05, 0.1) is 16.8 Å². The summed E-state index contributed by atoms with van der Waals surface area (Å²) in [6.45, 7) is 2.63. The summed E-state index contributed by atoms with van der Waals surface area (Å²) in [5.74, 6) is 1.27. The minimum absolute atomic E-state index is 0.0352. The monoisotopic (exact) mass is 535 g/mol. The first-order valence-corrected chi connectivity index (χ1v) is 12.2. The maximum Gasteiger partial charge on any atom is 0.238 e. The predicted octanol–water partition coefficient (Wildman–Crippen LogP) is 7.00. The number of thioether (sulfide) groups is 1. The number of carbonyl (C=O) groups is 1. The molecule has 0 unspecified atom stereocenters. The number of rotatable bonds is 7. The number of hydrogen-bond acceptors (Lipinski definition) is 4. The van der Waals surface area contributed by atoms with E-state index in [1.165, 1.54) is 12.1 Å². The molecule has 0 saturated carbocycles. The summed E-state index contributed by atoms with van der Waals surface area (Å²) in [5, 5.41) is 0.416. The second kappa shape index (κ2) is 10.1. The van der Waals surface area contributed by atoms with Gasteiger partial charge in [-0.1, -0.05) is 23.7 Å². The van der Waals surface area contributed by atoms with Gasteiger partial charge in [0.2, 0.25) is 5.91 Å². The molecule has 1 heterocycles. The largest absolute Gasteiger partial charge is 0.490 e. The molecule has 3 aromatic rings. The van der Waals surface area contributed by atoms with E-state index in [0.717, 1.165) is 21.3 Å². The van der Waals surface area contributed by atoms with Gasteiger partial charge in [-0.15, -0.1) is 11.8 Å². The highest BCUT2D eigenvalue weighted by Gasteiger charge is 2.35. The highest BCUT2D eigenvalue weighted by atomic mass is 79.9. The molecule has 0 radical (unpaired) electrons. The van der Waals surface area contributed by atoms with Crippen LogP contribution in [0, 0.1) is 5.82 Å². The van der Waals surface area contributed by atoms with Gasteiger partial charge >= 0.3 is 0 Å². The summed E-state index contributed by atoms with van der Waals surface area (Å²) >= 11 is 11.2. The van der Waals surface area contributed by atoms with E-state index in [0.29, 0.717) is 28.9 Å². The molecule has 32 heavy (non-hydrogen) atoms. The summed E-state index contributed by atoms with van der Waals surface area (Å²) in [4.78, 5) is 14.4. The Balaban J connectivity index is 1.63. The molecule has 166 valence electrons. The fourth-order valence-electron chi connectivity index (χ4n) is 3.42. The lowest BCUT2D eigenvalue weighted by Gasteiger charge is -2.25. The lowest BCUT2D eigenvalue weighted by molar-refractivity contribution is -0.115. The van der Waals surface area contributed by atoms with Crippen molar-refractivity contribution in [2.24, 2.45) is 0 Å². The van der Waals surface area contributed by atoms with Crippen LogP contribution in [-0.4, -0.2) is 18.3 Å². The molecule has 4 nitrogen and oxygen atoms in total. The first-order valence-electron chi connectivity index (χ1n) is 9.99. The van der Waals surface area contributed by atoms with Crippen molar-refractivity contribution in [1.29, 1.82) is 0 Å². The van der Waals surface area contributed by atoms with E-state index in [2.05, 4.69) is 15.9 Å². The predicted molar refractivity (Wildman–Crippen MR) is 130 cm³/mol. The Labute approximate surface area is 203 Å². The van der Waals surface area contributed by atoms with Crippen LogP contribution < -0.4 is 14.4 Å². The average Bonchev–Trinajstić information content (AvgIpc) is 3.16. The number of amides is 1. The van der Waals surface area contributed by atoms with E-state index in [1.807, 2.05) is 31.2 Å². The zero-order valence-electron chi connectivity index (χ0n) is 17.2.